The Morgan fingerprint density at radius 2 is 1.85 bits per heavy atom. The van der Waals surface area contributed by atoms with Gasteiger partial charge in [-0.1, -0.05) is 56.7 Å². The highest BCUT2D eigenvalue weighted by molar-refractivity contribution is 7.71. The molecule has 1 N–H and O–H groups in total. The minimum absolute atomic E-state index is 0.0789. The largest absolute Gasteiger partial charge is 0.342 e. The van der Waals surface area contributed by atoms with Crippen LogP contribution in [0.1, 0.15) is 37.7 Å². The molecule has 0 aliphatic heterocycles. The number of H-pyrrole nitrogens is 1. The Morgan fingerprint density at radius 3 is 2.40 bits per heavy atom. The quantitative estimate of drug-likeness (QED) is 0.717. The number of nitrogens with zero attached hydrogens (tertiary/aromatic N) is 1. The fourth-order valence-corrected chi connectivity index (χ4v) is 2.30. The maximum atomic E-state index is 6.23. The molecule has 0 unspecified atom stereocenters. The van der Waals surface area contributed by atoms with E-state index in [0.29, 0.717) is 4.64 Å². The highest BCUT2D eigenvalue weighted by Gasteiger charge is 2.18. The normalized spacial score (nSPS) is 11.7. The smallest absolute Gasteiger partial charge is 0.133 e. The van der Waals surface area contributed by atoms with Gasteiger partial charge in [0.15, 0.2) is 0 Å². The van der Waals surface area contributed by atoms with Crippen LogP contribution < -0.4 is 0 Å². The van der Waals surface area contributed by atoms with Crippen molar-refractivity contribution in [2.75, 3.05) is 0 Å². The van der Waals surface area contributed by atoms with Crippen molar-refractivity contribution in [1.29, 1.82) is 0 Å². The number of benzene rings is 1. The summed E-state index contributed by atoms with van der Waals surface area (Å²) in [6, 6.07) is 6.05. The van der Waals surface area contributed by atoms with E-state index in [2.05, 4.69) is 36.8 Å². The topological polar surface area (TPSA) is 28.7 Å². The van der Waals surface area contributed by atoms with Gasteiger partial charge in [0.1, 0.15) is 10.5 Å². The van der Waals surface area contributed by atoms with Crippen molar-refractivity contribution in [2.45, 2.75) is 40.0 Å². The highest BCUT2D eigenvalue weighted by atomic mass is 35.5. The molecule has 0 radical (unpaired) electrons. The van der Waals surface area contributed by atoms with Crippen LogP contribution in [0.15, 0.2) is 18.2 Å². The van der Waals surface area contributed by atoms with Crippen LogP contribution in [0, 0.1) is 18.5 Å². The average Bonchev–Trinajstić information content (AvgIpc) is 2.34. The highest BCUT2D eigenvalue weighted by Crippen LogP contribution is 2.28. The Kier molecular flexibility index (Phi) is 4.03. The van der Waals surface area contributed by atoms with Crippen LogP contribution in [0.4, 0.5) is 0 Å². The van der Waals surface area contributed by atoms with Crippen LogP contribution in [0.5, 0.6) is 0 Å². The summed E-state index contributed by atoms with van der Waals surface area (Å²) in [4.78, 5) is 7.92. The molecule has 1 aromatic heterocycles. The third-order valence-corrected chi connectivity index (χ3v) is 4.13. The summed E-state index contributed by atoms with van der Waals surface area (Å²) in [5, 5.41) is 0.760. The maximum Gasteiger partial charge on any atom is 0.133 e. The van der Waals surface area contributed by atoms with E-state index < -0.39 is 0 Å². The number of hydrogen-bond acceptors (Lipinski definition) is 2. The monoisotopic (exact) mass is 306 g/mol. The molecule has 0 aliphatic carbocycles. The van der Waals surface area contributed by atoms with E-state index in [1.807, 2.05) is 26.0 Å². The minimum Gasteiger partial charge on any atom is -0.342 e. The van der Waals surface area contributed by atoms with Gasteiger partial charge in [-0.05, 0) is 31.0 Å². The SMILES string of the molecule is Cc1ccc(-c2[nH]c(C(C)(C)C)nc(=S)c2C)cc1Cl. The van der Waals surface area contributed by atoms with Crippen LogP contribution >= 0.6 is 23.8 Å². The van der Waals surface area contributed by atoms with E-state index in [0.717, 1.165) is 33.2 Å². The molecule has 0 saturated heterocycles. The van der Waals surface area contributed by atoms with E-state index in [9.17, 15) is 0 Å². The lowest BCUT2D eigenvalue weighted by Crippen LogP contribution is -2.17. The zero-order valence-electron chi connectivity index (χ0n) is 12.5. The summed E-state index contributed by atoms with van der Waals surface area (Å²) in [5.74, 6) is 0.889. The second kappa shape index (κ2) is 5.30. The number of nitrogens with one attached hydrogen (secondary N) is 1. The molecule has 4 heteroatoms. The Hall–Kier alpha value is -1.19. The van der Waals surface area contributed by atoms with Gasteiger partial charge in [0.2, 0.25) is 0 Å². The lowest BCUT2D eigenvalue weighted by molar-refractivity contribution is 0.544. The van der Waals surface area contributed by atoms with Gasteiger partial charge < -0.3 is 4.98 Å². The zero-order chi connectivity index (χ0) is 15.1. The molecule has 0 bridgehead atoms. The lowest BCUT2D eigenvalue weighted by atomic mass is 9.95. The van der Waals surface area contributed by atoms with E-state index >= 15 is 0 Å². The Labute approximate surface area is 130 Å². The Balaban J connectivity index is 2.70. The summed E-state index contributed by atoms with van der Waals surface area (Å²) < 4.78 is 0.639. The second-order valence-electron chi connectivity index (χ2n) is 6.10. The number of rotatable bonds is 1. The predicted octanol–water partition coefficient (Wildman–Crippen LogP) is 5.37. The van der Waals surface area contributed by atoms with Crippen molar-refractivity contribution in [1.82, 2.24) is 9.97 Å². The summed E-state index contributed by atoms with van der Waals surface area (Å²) in [6.45, 7) is 10.3. The number of hydrogen-bond donors (Lipinski definition) is 1. The molecule has 1 aromatic carbocycles. The molecule has 0 aliphatic rings. The van der Waals surface area contributed by atoms with Gasteiger partial charge in [-0.3, -0.25) is 0 Å². The second-order valence-corrected chi connectivity index (χ2v) is 6.90. The molecule has 1 heterocycles. The number of aromatic amines is 1. The standard InChI is InChI=1S/C16H19ClN2S/c1-9-6-7-11(8-12(9)17)13-10(2)14(20)19-15(18-13)16(3,4)5/h6-8H,1-5H3,(H,18,19,20). The van der Waals surface area contributed by atoms with Crippen molar-refractivity contribution >= 4 is 23.8 Å². The van der Waals surface area contributed by atoms with Crippen LogP contribution in [-0.2, 0) is 5.41 Å². The molecule has 2 rings (SSSR count). The van der Waals surface area contributed by atoms with Gasteiger partial charge in [-0.25, -0.2) is 4.98 Å². The van der Waals surface area contributed by atoms with Crippen LogP contribution in [-0.4, -0.2) is 9.97 Å². The summed E-state index contributed by atoms with van der Waals surface area (Å²) in [6.07, 6.45) is 0. The van der Waals surface area contributed by atoms with Crippen LogP contribution in [0.25, 0.3) is 11.3 Å². The predicted molar refractivity (Wildman–Crippen MR) is 88.0 cm³/mol. The fourth-order valence-electron chi connectivity index (χ4n) is 1.92. The maximum absolute atomic E-state index is 6.23. The molecular weight excluding hydrogens is 288 g/mol. The van der Waals surface area contributed by atoms with Crippen molar-refractivity contribution in [2.24, 2.45) is 0 Å². The van der Waals surface area contributed by atoms with Crippen molar-refractivity contribution < 1.29 is 0 Å². The van der Waals surface area contributed by atoms with E-state index in [1.165, 1.54) is 0 Å². The van der Waals surface area contributed by atoms with Gasteiger partial charge in [0.25, 0.3) is 0 Å². The first-order chi connectivity index (χ1) is 9.20. The van der Waals surface area contributed by atoms with Crippen LogP contribution in [0.3, 0.4) is 0 Å². The van der Waals surface area contributed by atoms with Gasteiger partial charge in [0, 0.05) is 16.0 Å². The molecule has 2 nitrogen and oxygen atoms in total. The van der Waals surface area contributed by atoms with Crippen LogP contribution in [0.2, 0.25) is 5.02 Å². The number of halogens is 1. The molecule has 2 aromatic rings. The van der Waals surface area contributed by atoms with Gasteiger partial charge in [0.05, 0.1) is 5.69 Å². The molecule has 106 valence electrons. The first kappa shape index (κ1) is 15.2. The van der Waals surface area contributed by atoms with Crippen molar-refractivity contribution in [3.63, 3.8) is 0 Å². The molecule has 0 atom stereocenters. The van der Waals surface area contributed by atoms with E-state index in [4.69, 9.17) is 23.8 Å². The molecule has 20 heavy (non-hydrogen) atoms. The molecule has 0 fully saturated rings. The third-order valence-electron chi connectivity index (χ3n) is 3.32. The molecule has 0 saturated carbocycles. The Morgan fingerprint density at radius 1 is 1.20 bits per heavy atom. The van der Waals surface area contributed by atoms with Gasteiger partial charge >= 0.3 is 0 Å². The summed E-state index contributed by atoms with van der Waals surface area (Å²) >= 11 is 11.6. The average molecular weight is 307 g/mol. The first-order valence-electron chi connectivity index (χ1n) is 6.58. The number of aromatic nitrogens is 2. The summed E-state index contributed by atoms with van der Waals surface area (Å²) in [5.41, 5.74) is 4.00. The first-order valence-corrected chi connectivity index (χ1v) is 7.36. The minimum atomic E-state index is -0.0789. The third kappa shape index (κ3) is 2.94. The van der Waals surface area contributed by atoms with Gasteiger partial charge in [-0.15, -0.1) is 0 Å². The molecule has 0 spiro atoms. The molecule has 0 amide bonds. The van der Waals surface area contributed by atoms with Crippen molar-refractivity contribution in [3.05, 3.63) is 44.8 Å². The fraction of sp³-hybridized carbons (Fsp3) is 0.375. The number of aryl methyl sites for hydroxylation is 1. The lowest BCUT2D eigenvalue weighted by Gasteiger charge is -2.20. The zero-order valence-corrected chi connectivity index (χ0v) is 14.0. The van der Waals surface area contributed by atoms with Gasteiger partial charge in [-0.2, -0.15) is 0 Å². The van der Waals surface area contributed by atoms with E-state index in [1.54, 1.807) is 0 Å². The van der Waals surface area contributed by atoms with Crippen molar-refractivity contribution in [3.8, 4) is 11.3 Å². The van der Waals surface area contributed by atoms with E-state index in [-0.39, 0.29) is 5.41 Å². The summed E-state index contributed by atoms with van der Waals surface area (Å²) in [7, 11) is 0. The molecular formula is C16H19ClN2S. The Bertz CT molecular complexity index is 711.